The lowest BCUT2D eigenvalue weighted by molar-refractivity contribution is -0.0618. The van der Waals surface area contributed by atoms with Crippen molar-refractivity contribution in [2.75, 3.05) is 13.3 Å². The lowest BCUT2D eigenvalue weighted by atomic mass is 10.2. The molecule has 1 saturated heterocycles. The molecule has 0 aliphatic carbocycles. The van der Waals surface area contributed by atoms with Crippen molar-refractivity contribution in [3.05, 3.63) is 0 Å². The molecule has 6 heavy (non-hydrogen) atoms. The third-order valence-electron chi connectivity index (χ3n) is 0.965. The van der Waals surface area contributed by atoms with Gasteiger partial charge in [-0.05, 0) is 6.42 Å². The number of halogens is 1. The van der Waals surface area contributed by atoms with Crippen molar-refractivity contribution in [2.24, 2.45) is 0 Å². The molecule has 0 aromatic rings. The summed E-state index contributed by atoms with van der Waals surface area (Å²) in [6.45, 7) is 0.453. The molecule has 0 saturated carbocycles. The molecule has 1 aliphatic rings. The van der Waals surface area contributed by atoms with Crippen molar-refractivity contribution in [3.8, 4) is 0 Å². The van der Waals surface area contributed by atoms with E-state index in [1.54, 1.807) is 0 Å². The summed E-state index contributed by atoms with van der Waals surface area (Å²) in [6.07, 6.45) is 0.862. The molecule has 0 aromatic heterocycles. The predicted octanol–water partition coefficient (Wildman–Crippen LogP) is 0.745. The fourth-order valence-corrected chi connectivity index (χ4v) is 0.406. The van der Waals surface area contributed by atoms with Gasteiger partial charge in [0.05, 0.1) is 6.10 Å². The fourth-order valence-electron chi connectivity index (χ4n) is 0.406. The van der Waals surface area contributed by atoms with Gasteiger partial charge in [-0.1, -0.05) is 0 Å². The second-order valence-corrected chi connectivity index (χ2v) is 1.44. The highest BCUT2D eigenvalue weighted by Gasteiger charge is 2.16. The highest BCUT2D eigenvalue weighted by molar-refractivity contribution is 4.63. The predicted molar refractivity (Wildman–Crippen MR) is 20.3 cm³/mol. The first kappa shape index (κ1) is 4.06. The molecule has 1 nitrogen and oxygen atoms in total. The zero-order valence-corrected chi connectivity index (χ0v) is 3.48. The first-order valence-corrected chi connectivity index (χ1v) is 2.11. The van der Waals surface area contributed by atoms with E-state index < -0.39 is 0 Å². The number of hydrogen-bond donors (Lipinski definition) is 0. The third kappa shape index (κ3) is 0.522. The quantitative estimate of drug-likeness (QED) is 0.461. The molecule has 1 aliphatic heterocycles. The molecule has 36 valence electrons. The van der Waals surface area contributed by atoms with Gasteiger partial charge in [-0.15, -0.1) is 0 Å². The van der Waals surface area contributed by atoms with Gasteiger partial charge in [0.25, 0.3) is 0 Å². The number of rotatable bonds is 1. The van der Waals surface area contributed by atoms with E-state index in [0.29, 0.717) is 0 Å². The molecule has 2 heteroatoms. The first-order chi connectivity index (χ1) is 2.93. The van der Waals surface area contributed by atoms with Crippen LogP contribution in [0.3, 0.4) is 0 Å². The van der Waals surface area contributed by atoms with E-state index in [4.69, 9.17) is 4.74 Å². The largest absolute Gasteiger partial charge is 0.375 e. The van der Waals surface area contributed by atoms with Gasteiger partial charge in [0.15, 0.2) is 0 Å². The van der Waals surface area contributed by atoms with E-state index in [1.807, 2.05) is 0 Å². The normalized spacial score (nSPS) is 32.5. The Morgan fingerprint density at radius 1 is 1.83 bits per heavy atom. The second kappa shape index (κ2) is 1.56. The van der Waals surface area contributed by atoms with Crippen molar-refractivity contribution in [3.63, 3.8) is 0 Å². The van der Waals surface area contributed by atoms with Crippen molar-refractivity contribution >= 4 is 0 Å². The van der Waals surface area contributed by atoms with E-state index >= 15 is 0 Å². The second-order valence-electron chi connectivity index (χ2n) is 1.44. The van der Waals surface area contributed by atoms with Crippen LogP contribution in [0.5, 0.6) is 0 Å². The third-order valence-corrected chi connectivity index (χ3v) is 0.965. The minimum atomic E-state index is -0.306. The maximum atomic E-state index is 11.3. The van der Waals surface area contributed by atoms with E-state index in [1.165, 1.54) is 0 Å². The Hall–Kier alpha value is -0.110. The SMILES string of the molecule is FC[C@@H]1CCO1. The van der Waals surface area contributed by atoms with E-state index in [0.717, 1.165) is 13.0 Å². The van der Waals surface area contributed by atoms with Gasteiger partial charge < -0.3 is 4.74 Å². The van der Waals surface area contributed by atoms with Crippen LogP contribution in [0.4, 0.5) is 4.39 Å². The van der Waals surface area contributed by atoms with Crippen LogP contribution in [0.2, 0.25) is 0 Å². The van der Waals surface area contributed by atoms with E-state index in [-0.39, 0.29) is 12.8 Å². The minimum Gasteiger partial charge on any atom is -0.375 e. The molecule has 1 rings (SSSR count). The maximum Gasteiger partial charge on any atom is 0.116 e. The van der Waals surface area contributed by atoms with E-state index in [2.05, 4.69) is 0 Å². The fraction of sp³-hybridized carbons (Fsp3) is 1.00. The smallest absolute Gasteiger partial charge is 0.116 e. The van der Waals surface area contributed by atoms with Crippen LogP contribution < -0.4 is 0 Å². The van der Waals surface area contributed by atoms with Crippen molar-refractivity contribution in [1.29, 1.82) is 0 Å². The Balaban J connectivity index is 2.01. The molecular weight excluding hydrogens is 83.0 g/mol. The molecule has 0 spiro atoms. The molecule has 0 unspecified atom stereocenters. The summed E-state index contributed by atoms with van der Waals surface area (Å²) in [5, 5.41) is 0. The molecule has 0 N–H and O–H groups in total. The lowest BCUT2D eigenvalue weighted by Gasteiger charge is -2.22. The Morgan fingerprint density at radius 3 is 2.50 bits per heavy atom. The standard InChI is InChI=1S/C4H7FO/c5-3-4-1-2-6-4/h4H,1-3H2/t4-/m0/s1. The van der Waals surface area contributed by atoms with Crippen LogP contribution in [-0.2, 0) is 4.74 Å². The van der Waals surface area contributed by atoms with Gasteiger partial charge >= 0.3 is 0 Å². The van der Waals surface area contributed by atoms with Crippen LogP contribution in [0, 0.1) is 0 Å². The van der Waals surface area contributed by atoms with Gasteiger partial charge in [0, 0.05) is 6.61 Å². The highest BCUT2D eigenvalue weighted by atomic mass is 19.1. The number of hydrogen-bond acceptors (Lipinski definition) is 1. The summed E-state index contributed by atoms with van der Waals surface area (Å²) in [6, 6.07) is 0. The average molecular weight is 90.1 g/mol. The minimum absolute atomic E-state index is 0.0509. The van der Waals surface area contributed by atoms with Crippen LogP contribution in [0.25, 0.3) is 0 Å². The average Bonchev–Trinajstić information content (AvgIpc) is 1.31. The zero-order valence-electron chi connectivity index (χ0n) is 3.48. The topological polar surface area (TPSA) is 9.23 Å². The highest BCUT2D eigenvalue weighted by Crippen LogP contribution is 2.09. The molecule has 0 amide bonds. The summed E-state index contributed by atoms with van der Waals surface area (Å²) in [5.41, 5.74) is 0. The Bertz CT molecular complexity index is 40.1. The van der Waals surface area contributed by atoms with Gasteiger partial charge in [0.2, 0.25) is 0 Å². The van der Waals surface area contributed by atoms with Crippen molar-refractivity contribution in [1.82, 2.24) is 0 Å². The van der Waals surface area contributed by atoms with Crippen LogP contribution in [0.1, 0.15) is 6.42 Å². The summed E-state index contributed by atoms with van der Waals surface area (Å²) >= 11 is 0. The van der Waals surface area contributed by atoms with Crippen LogP contribution >= 0.6 is 0 Å². The number of ether oxygens (including phenoxy) is 1. The van der Waals surface area contributed by atoms with Gasteiger partial charge in [-0.2, -0.15) is 0 Å². The maximum absolute atomic E-state index is 11.3. The van der Waals surface area contributed by atoms with Crippen LogP contribution in [-0.4, -0.2) is 19.4 Å². The molecule has 1 heterocycles. The molecule has 1 atom stereocenters. The Kier molecular flexibility index (Phi) is 1.05. The molecule has 1 fully saturated rings. The Labute approximate surface area is 36.1 Å². The van der Waals surface area contributed by atoms with Crippen molar-refractivity contribution < 1.29 is 9.13 Å². The molecule has 0 aromatic carbocycles. The zero-order chi connectivity index (χ0) is 4.41. The summed E-state index contributed by atoms with van der Waals surface area (Å²) in [7, 11) is 0. The molecule has 0 bridgehead atoms. The molecule has 0 radical (unpaired) electrons. The van der Waals surface area contributed by atoms with Crippen LogP contribution in [0.15, 0.2) is 0 Å². The lowest BCUT2D eigenvalue weighted by Crippen LogP contribution is -2.28. The van der Waals surface area contributed by atoms with Crippen molar-refractivity contribution in [2.45, 2.75) is 12.5 Å². The van der Waals surface area contributed by atoms with Gasteiger partial charge in [-0.3, -0.25) is 0 Å². The van der Waals surface area contributed by atoms with Gasteiger partial charge in [0.1, 0.15) is 6.67 Å². The summed E-state index contributed by atoms with van der Waals surface area (Å²) in [4.78, 5) is 0. The monoisotopic (exact) mass is 90.0 g/mol. The van der Waals surface area contributed by atoms with Gasteiger partial charge in [-0.25, -0.2) is 4.39 Å². The van der Waals surface area contributed by atoms with E-state index in [9.17, 15) is 4.39 Å². The summed E-state index contributed by atoms with van der Waals surface area (Å²) in [5.74, 6) is 0. The summed E-state index contributed by atoms with van der Waals surface area (Å²) < 4.78 is 16.0. The first-order valence-electron chi connectivity index (χ1n) is 2.11. The molecular formula is C4H7FO. The Morgan fingerprint density at radius 2 is 2.50 bits per heavy atom. The number of alkyl halides is 1.